The van der Waals surface area contributed by atoms with Gasteiger partial charge in [-0.3, -0.25) is 19.8 Å². The Morgan fingerprint density at radius 3 is 2.93 bits per heavy atom. The highest BCUT2D eigenvalue weighted by atomic mass is 16.2. The SMILES string of the molecule is CC#CCNC1CCC(=O)N(C)C1=O. The summed E-state index contributed by atoms with van der Waals surface area (Å²) >= 11 is 0. The van der Waals surface area contributed by atoms with Crippen molar-refractivity contribution in [2.75, 3.05) is 13.6 Å². The summed E-state index contributed by atoms with van der Waals surface area (Å²) < 4.78 is 0. The molecule has 1 N–H and O–H groups in total. The molecule has 0 saturated carbocycles. The average molecular weight is 194 g/mol. The number of hydrogen-bond acceptors (Lipinski definition) is 3. The van der Waals surface area contributed by atoms with Crippen LogP contribution in [0.2, 0.25) is 0 Å². The molecule has 0 radical (unpaired) electrons. The van der Waals surface area contributed by atoms with E-state index < -0.39 is 0 Å². The van der Waals surface area contributed by atoms with Crippen molar-refractivity contribution in [2.45, 2.75) is 25.8 Å². The minimum absolute atomic E-state index is 0.102. The lowest BCUT2D eigenvalue weighted by Crippen LogP contribution is -2.51. The van der Waals surface area contributed by atoms with Crippen LogP contribution in [-0.2, 0) is 9.59 Å². The summed E-state index contributed by atoms with van der Waals surface area (Å²) in [7, 11) is 1.52. The van der Waals surface area contributed by atoms with E-state index in [0.717, 1.165) is 0 Å². The standard InChI is InChI=1S/C10H14N2O2/c1-3-4-7-11-8-5-6-9(13)12(2)10(8)14/h8,11H,5-7H2,1-2H3. The van der Waals surface area contributed by atoms with Crippen LogP contribution in [0.5, 0.6) is 0 Å². The Hall–Kier alpha value is -1.34. The number of rotatable bonds is 2. The van der Waals surface area contributed by atoms with E-state index in [1.165, 1.54) is 11.9 Å². The van der Waals surface area contributed by atoms with Crippen molar-refractivity contribution < 1.29 is 9.59 Å². The molecule has 4 heteroatoms. The molecule has 1 fully saturated rings. The minimum Gasteiger partial charge on any atom is -0.295 e. The molecule has 1 atom stereocenters. The summed E-state index contributed by atoms with van der Waals surface area (Å²) in [6.45, 7) is 2.24. The van der Waals surface area contributed by atoms with Crippen LogP contribution < -0.4 is 5.32 Å². The zero-order valence-corrected chi connectivity index (χ0v) is 8.46. The van der Waals surface area contributed by atoms with E-state index in [9.17, 15) is 9.59 Å². The molecule has 0 aromatic heterocycles. The lowest BCUT2D eigenvalue weighted by atomic mass is 10.0. The fourth-order valence-electron chi connectivity index (χ4n) is 1.37. The lowest BCUT2D eigenvalue weighted by molar-refractivity contribution is -0.147. The molecule has 1 aliphatic rings. The van der Waals surface area contributed by atoms with E-state index in [2.05, 4.69) is 17.2 Å². The van der Waals surface area contributed by atoms with Gasteiger partial charge in [0.1, 0.15) is 0 Å². The van der Waals surface area contributed by atoms with E-state index in [0.29, 0.717) is 19.4 Å². The van der Waals surface area contributed by atoms with Crippen molar-refractivity contribution in [2.24, 2.45) is 0 Å². The summed E-state index contributed by atoms with van der Waals surface area (Å²) in [5, 5.41) is 3.01. The molecule has 0 bridgehead atoms. The topological polar surface area (TPSA) is 49.4 Å². The summed E-state index contributed by atoms with van der Waals surface area (Å²) in [6.07, 6.45) is 1.01. The first-order valence-electron chi connectivity index (χ1n) is 4.60. The highest BCUT2D eigenvalue weighted by Gasteiger charge is 2.30. The molecule has 2 amide bonds. The van der Waals surface area contributed by atoms with Crippen molar-refractivity contribution in [1.82, 2.24) is 10.2 Å². The van der Waals surface area contributed by atoms with Crippen LogP contribution in [0.4, 0.5) is 0 Å². The number of imide groups is 1. The molecule has 0 aromatic rings. The number of nitrogens with zero attached hydrogens (tertiary/aromatic N) is 1. The molecule has 0 aliphatic carbocycles. The van der Waals surface area contributed by atoms with E-state index in [1.54, 1.807) is 6.92 Å². The number of nitrogens with one attached hydrogen (secondary N) is 1. The second kappa shape index (κ2) is 4.77. The Balaban J connectivity index is 2.49. The third-order valence-corrected chi connectivity index (χ3v) is 2.26. The summed E-state index contributed by atoms with van der Waals surface area (Å²) in [4.78, 5) is 23.8. The lowest BCUT2D eigenvalue weighted by Gasteiger charge is -2.27. The van der Waals surface area contributed by atoms with Gasteiger partial charge in [0.25, 0.3) is 0 Å². The highest BCUT2D eigenvalue weighted by Crippen LogP contribution is 2.10. The molecular formula is C10H14N2O2. The molecule has 4 nitrogen and oxygen atoms in total. The largest absolute Gasteiger partial charge is 0.295 e. The summed E-state index contributed by atoms with van der Waals surface area (Å²) in [5.74, 6) is 5.31. The predicted octanol–water partition coefficient (Wildman–Crippen LogP) is -0.253. The Labute approximate surface area is 83.6 Å². The summed E-state index contributed by atoms with van der Waals surface area (Å²) in [5.41, 5.74) is 0. The molecule has 0 aromatic carbocycles. The Bertz CT molecular complexity index is 301. The van der Waals surface area contributed by atoms with Crippen LogP contribution >= 0.6 is 0 Å². The Morgan fingerprint density at radius 1 is 1.57 bits per heavy atom. The number of carbonyl (C=O) groups excluding carboxylic acids is 2. The van der Waals surface area contributed by atoms with Gasteiger partial charge in [0, 0.05) is 13.5 Å². The molecule has 76 valence electrons. The van der Waals surface area contributed by atoms with Crippen LogP contribution in [-0.4, -0.2) is 36.3 Å². The Kier molecular flexibility index (Phi) is 3.66. The van der Waals surface area contributed by atoms with Gasteiger partial charge in [0.2, 0.25) is 11.8 Å². The van der Waals surface area contributed by atoms with Crippen molar-refractivity contribution in [3.05, 3.63) is 0 Å². The van der Waals surface area contributed by atoms with E-state index in [1.807, 2.05) is 0 Å². The number of hydrogen-bond donors (Lipinski definition) is 1. The fraction of sp³-hybridized carbons (Fsp3) is 0.600. The van der Waals surface area contributed by atoms with Gasteiger partial charge in [-0.25, -0.2) is 0 Å². The van der Waals surface area contributed by atoms with Gasteiger partial charge in [-0.1, -0.05) is 5.92 Å². The normalized spacial score (nSPS) is 21.9. The van der Waals surface area contributed by atoms with Crippen LogP contribution in [0.3, 0.4) is 0 Å². The first-order valence-corrected chi connectivity index (χ1v) is 4.60. The smallest absolute Gasteiger partial charge is 0.246 e. The van der Waals surface area contributed by atoms with Crippen LogP contribution in [0.15, 0.2) is 0 Å². The molecule has 14 heavy (non-hydrogen) atoms. The van der Waals surface area contributed by atoms with Crippen LogP contribution in [0, 0.1) is 11.8 Å². The van der Waals surface area contributed by atoms with Gasteiger partial charge in [-0.05, 0) is 13.3 Å². The fourth-order valence-corrected chi connectivity index (χ4v) is 1.37. The van der Waals surface area contributed by atoms with Crippen molar-refractivity contribution in [3.8, 4) is 11.8 Å². The molecule has 1 aliphatic heterocycles. The van der Waals surface area contributed by atoms with Crippen LogP contribution in [0.1, 0.15) is 19.8 Å². The number of amides is 2. The minimum atomic E-state index is -0.251. The van der Waals surface area contributed by atoms with Crippen molar-refractivity contribution in [3.63, 3.8) is 0 Å². The quantitative estimate of drug-likeness (QED) is 0.487. The third kappa shape index (κ3) is 2.33. The van der Waals surface area contributed by atoms with Gasteiger partial charge in [-0.2, -0.15) is 0 Å². The van der Waals surface area contributed by atoms with E-state index in [-0.39, 0.29) is 17.9 Å². The maximum absolute atomic E-state index is 11.5. The second-order valence-electron chi connectivity index (χ2n) is 3.19. The van der Waals surface area contributed by atoms with Crippen molar-refractivity contribution in [1.29, 1.82) is 0 Å². The van der Waals surface area contributed by atoms with Gasteiger partial charge in [-0.15, -0.1) is 5.92 Å². The monoisotopic (exact) mass is 194 g/mol. The van der Waals surface area contributed by atoms with Gasteiger partial charge >= 0.3 is 0 Å². The molecular weight excluding hydrogens is 180 g/mol. The summed E-state index contributed by atoms with van der Waals surface area (Å²) in [6, 6.07) is -0.251. The van der Waals surface area contributed by atoms with Gasteiger partial charge in [0.15, 0.2) is 0 Å². The van der Waals surface area contributed by atoms with Crippen molar-refractivity contribution >= 4 is 11.8 Å². The third-order valence-electron chi connectivity index (χ3n) is 2.26. The zero-order valence-electron chi connectivity index (χ0n) is 8.46. The van der Waals surface area contributed by atoms with E-state index in [4.69, 9.17) is 0 Å². The molecule has 1 saturated heterocycles. The first-order chi connectivity index (χ1) is 6.66. The predicted molar refractivity (Wildman–Crippen MR) is 52.3 cm³/mol. The average Bonchev–Trinajstić information content (AvgIpc) is 2.18. The zero-order chi connectivity index (χ0) is 10.6. The highest BCUT2D eigenvalue weighted by molar-refractivity contribution is 6.00. The maximum atomic E-state index is 11.5. The molecule has 1 rings (SSSR count). The number of piperidine rings is 1. The molecule has 1 unspecified atom stereocenters. The van der Waals surface area contributed by atoms with Gasteiger partial charge in [0.05, 0.1) is 12.6 Å². The second-order valence-corrected chi connectivity index (χ2v) is 3.19. The van der Waals surface area contributed by atoms with Crippen LogP contribution in [0.25, 0.3) is 0 Å². The first kappa shape index (κ1) is 10.7. The Morgan fingerprint density at radius 2 is 2.29 bits per heavy atom. The number of likely N-dealkylation sites (N-methyl/N-ethyl adjacent to an activating group) is 1. The van der Waals surface area contributed by atoms with E-state index >= 15 is 0 Å². The maximum Gasteiger partial charge on any atom is 0.246 e. The van der Waals surface area contributed by atoms with Gasteiger partial charge < -0.3 is 0 Å². The molecule has 1 heterocycles. The molecule has 0 spiro atoms. The number of likely N-dealkylation sites (tertiary alicyclic amines) is 1. The number of carbonyl (C=O) groups is 2.